The molecule has 0 aliphatic rings. The van der Waals surface area contributed by atoms with Crippen molar-refractivity contribution in [2.75, 3.05) is 20.8 Å². The third-order valence-electron chi connectivity index (χ3n) is 3.66. The quantitative estimate of drug-likeness (QED) is 0.673. The zero-order valence-corrected chi connectivity index (χ0v) is 15.4. The molecule has 0 fully saturated rings. The molecule has 26 heavy (non-hydrogen) atoms. The summed E-state index contributed by atoms with van der Waals surface area (Å²) >= 11 is 0. The number of nitrogens with zero attached hydrogens (tertiary/aromatic N) is 1. The van der Waals surface area contributed by atoms with Gasteiger partial charge in [0.2, 0.25) is 15.8 Å². The van der Waals surface area contributed by atoms with Crippen molar-refractivity contribution in [2.45, 2.75) is 18.4 Å². The molecule has 0 radical (unpaired) electrons. The van der Waals surface area contributed by atoms with Gasteiger partial charge >= 0.3 is 11.9 Å². The van der Waals surface area contributed by atoms with E-state index in [1.54, 1.807) is 12.1 Å². The Balaban J connectivity index is 2.41. The summed E-state index contributed by atoms with van der Waals surface area (Å²) in [5.74, 6) is -1.60. The third kappa shape index (κ3) is 4.30. The second-order valence-corrected chi connectivity index (χ2v) is 7.37. The van der Waals surface area contributed by atoms with Gasteiger partial charge in [0.05, 0.1) is 25.4 Å². The number of esters is 2. The average molecular weight is 381 g/mol. The fourth-order valence-electron chi connectivity index (χ4n) is 2.22. The van der Waals surface area contributed by atoms with Crippen molar-refractivity contribution in [3.63, 3.8) is 0 Å². The van der Waals surface area contributed by atoms with Crippen LogP contribution in [-0.2, 0) is 30.8 Å². The Kier molecular flexibility index (Phi) is 6.17. The molecule has 0 unspecified atom stereocenters. The highest BCUT2D eigenvalue weighted by molar-refractivity contribution is 7.89. The molecule has 1 aromatic heterocycles. The van der Waals surface area contributed by atoms with Gasteiger partial charge in [0.25, 0.3) is 0 Å². The molecule has 0 atom stereocenters. The van der Waals surface area contributed by atoms with Gasteiger partial charge in [-0.2, -0.15) is 4.31 Å². The second-order valence-electron chi connectivity index (χ2n) is 5.43. The maximum atomic E-state index is 12.9. The summed E-state index contributed by atoms with van der Waals surface area (Å²) < 4.78 is 41.1. The number of hydrogen-bond acceptors (Lipinski definition) is 7. The smallest absolute Gasteiger partial charge is 0.374 e. The van der Waals surface area contributed by atoms with Crippen LogP contribution in [0.25, 0.3) is 0 Å². The lowest BCUT2D eigenvalue weighted by atomic mass is 10.2. The van der Waals surface area contributed by atoms with Crippen LogP contribution < -0.4 is 0 Å². The van der Waals surface area contributed by atoms with E-state index < -0.39 is 28.5 Å². The van der Waals surface area contributed by atoms with Crippen LogP contribution in [0, 0.1) is 6.92 Å². The van der Waals surface area contributed by atoms with Crippen LogP contribution in [0.15, 0.2) is 45.9 Å². The number of furan rings is 1. The summed E-state index contributed by atoms with van der Waals surface area (Å²) in [6.45, 7) is 1.06. The Morgan fingerprint density at radius 1 is 1.08 bits per heavy atom. The molecule has 9 heteroatoms. The van der Waals surface area contributed by atoms with Crippen LogP contribution in [0.5, 0.6) is 0 Å². The number of aryl methyl sites for hydroxylation is 1. The molecule has 0 N–H and O–H groups in total. The van der Waals surface area contributed by atoms with E-state index in [0.29, 0.717) is 0 Å². The molecule has 0 aliphatic carbocycles. The minimum Gasteiger partial charge on any atom is -0.468 e. The third-order valence-corrected chi connectivity index (χ3v) is 5.46. The molecule has 1 heterocycles. The molecule has 0 aliphatic heterocycles. The van der Waals surface area contributed by atoms with Crippen LogP contribution in [0.4, 0.5) is 0 Å². The van der Waals surface area contributed by atoms with Gasteiger partial charge in [-0.3, -0.25) is 4.79 Å². The minimum absolute atomic E-state index is 0.0233. The van der Waals surface area contributed by atoms with E-state index in [1.807, 2.05) is 6.92 Å². The summed E-state index contributed by atoms with van der Waals surface area (Å²) in [6, 6.07) is 7.65. The van der Waals surface area contributed by atoms with Gasteiger partial charge in [0.15, 0.2) is 0 Å². The molecule has 8 nitrogen and oxygen atoms in total. The zero-order valence-electron chi connectivity index (χ0n) is 14.6. The lowest BCUT2D eigenvalue weighted by Gasteiger charge is -2.21. The van der Waals surface area contributed by atoms with E-state index in [9.17, 15) is 18.0 Å². The monoisotopic (exact) mass is 381 g/mol. The first kappa shape index (κ1) is 19.7. The number of sulfonamides is 1. The Bertz CT molecular complexity index is 884. The van der Waals surface area contributed by atoms with Crippen molar-refractivity contribution in [3.05, 3.63) is 53.5 Å². The maximum absolute atomic E-state index is 12.9. The van der Waals surface area contributed by atoms with Gasteiger partial charge < -0.3 is 13.9 Å². The predicted molar refractivity (Wildman–Crippen MR) is 90.8 cm³/mol. The minimum atomic E-state index is -4.01. The highest BCUT2D eigenvalue weighted by Crippen LogP contribution is 2.21. The normalized spacial score (nSPS) is 11.4. The Morgan fingerprint density at radius 2 is 1.73 bits per heavy atom. The molecule has 140 valence electrons. The molecule has 2 rings (SSSR count). The van der Waals surface area contributed by atoms with Crippen LogP contribution >= 0.6 is 0 Å². The number of benzene rings is 1. The van der Waals surface area contributed by atoms with Crippen molar-refractivity contribution in [1.82, 2.24) is 4.31 Å². The van der Waals surface area contributed by atoms with Crippen molar-refractivity contribution >= 4 is 22.0 Å². The zero-order chi connectivity index (χ0) is 19.3. The fraction of sp³-hybridized carbons (Fsp3) is 0.294. The second kappa shape index (κ2) is 8.15. The first-order valence-electron chi connectivity index (χ1n) is 7.58. The molecular weight excluding hydrogens is 362 g/mol. The largest absolute Gasteiger partial charge is 0.468 e. The van der Waals surface area contributed by atoms with Gasteiger partial charge in [-0.15, -0.1) is 0 Å². The van der Waals surface area contributed by atoms with Gasteiger partial charge in [-0.1, -0.05) is 17.7 Å². The number of methoxy groups -OCH3 is 2. The van der Waals surface area contributed by atoms with Gasteiger partial charge in [0.1, 0.15) is 6.54 Å². The van der Waals surface area contributed by atoms with Crippen molar-refractivity contribution in [1.29, 1.82) is 0 Å². The SMILES string of the molecule is COC(=O)CN(Cc1ccoc1C(=O)OC)S(=O)(=O)c1ccc(C)cc1. The molecule has 0 saturated carbocycles. The predicted octanol–water partition coefficient (Wildman–Crippen LogP) is 1.74. The molecule has 0 bridgehead atoms. The van der Waals surface area contributed by atoms with Gasteiger partial charge in [-0.25, -0.2) is 13.2 Å². The standard InChI is InChI=1S/C17H19NO7S/c1-12-4-6-14(7-5-12)26(21,22)18(11-15(19)23-2)10-13-8-9-25-16(13)17(20)24-3/h4-9H,10-11H2,1-3H3. The molecule has 2 aromatic rings. The number of carbonyl (C=O) groups excluding carboxylic acids is 2. The van der Waals surface area contributed by atoms with E-state index in [4.69, 9.17) is 4.42 Å². The first-order chi connectivity index (χ1) is 12.3. The average Bonchev–Trinajstić information content (AvgIpc) is 3.08. The Hall–Kier alpha value is -2.65. The highest BCUT2D eigenvalue weighted by Gasteiger charge is 2.29. The molecule has 1 aromatic carbocycles. The van der Waals surface area contributed by atoms with Crippen LogP contribution in [-0.4, -0.2) is 45.4 Å². The van der Waals surface area contributed by atoms with Gasteiger partial charge in [0, 0.05) is 12.1 Å². The number of rotatable bonds is 7. The fourth-order valence-corrected chi connectivity index (χ4v) is 3.58. The lowest BCUT2D eigenvalue weighted by Crippen LogP contribution is -2.36. The summed E-state index contributed by atoms with van der Waals surface area (Å²) in [7, 11) is -1.66. The van der Waals surface area contributed by atoms with E-state index in [0.717, 1.165) is 17.0 Å². The van der Waals surface area contributed by atoms with Crippen LogP contribution in [0.1, 0.15) is 21.7 Å². The summed E-state index contributed by atoms with van der Waals surface area (Å²) in [5, 5.41) is 0. The van der Waals surface area contributed by atoms with Crippen LogP contribution in [0.3, 0.4) is 0 Å². The first-order valence-corrected chi connectivity index (χ1v) is 9.02. The summed E-state index contributed by atoms with van der Waals surface area (Å²) in [5.41, 5.74) is 1.17. The summed E-state index contributed by atoms with van der Waals surface area (Å²) in [4.78, 5) is 23.5. The van der Waals surface area contributed by atoms with Crippen molar-refractivity contribution in [3.8, 4) is 0 Å². The lowest BCUT2D eigenvalue weighted by molar-refractivity contribution is -0.140. The van der Waals surface area contributed by atoms with E-state index >= 15 is 0 Å². The molecule has 0 spiro atoms. The molecular formula is C17H19NO7S. The van der Waals surface area contributed by atoms with E-state index in [2.05, 4.69) is 9.47 Å². The van der Waals surface area contributed by atoms with Crippen molar-refractivity contribution in [2.24, 2.45) is 0 Å². The molecule has 0 saturated heterocycles. The number of hydrogen-bond donors (Lipinski definition) is 0. The summed E-state index contributed by atoms with van der Waals surface area (Å²) in [6.07, 6.45) is 1.25. The topological polar surface area (TPSA) is 103 Å². The number of carbonyl (C=O) groups is 2. The maximum Gasteiger partial charge on any atom is 0.374 e. The highest BCUT2D eigenvalue weighted by atomic mass is 32.2. The Morgan fingerprint density at radius 3 is 2.31 bits per heavy atom. The van der Waals surface area contributed by atoms with Crippen LogP contribution in [0.2, 0.25) is 0 Å². The van der Waals surface area contributed by atoms with Gasteiger partial charge in [-0.05, 0) is 25.1 Å². The molecule has 0 amide bonds. The van der Waals surface area contributed by atoms with Crippen molar-refractivity contribution < 1.29 is 31.9 Å². The number of ether oxygens (including phenoxy) is 2. The Labute approximate surface area is 151 Å². The van der Waals surface area contributed by atoms with E-state index in [1.165, 1.54) is 31.6 Å². The van der Waals surface area contributed by atoms with E-state index in [-0.39, 0.29) is 22.8 Å².